The Hall–Kier alpha value is -2.19. The first-order valence-electron chi connectivity index (χ1n) is 5.95. The van der Waals surface area contributed by atoms with Gasteiger partial charge >= 0.3 is 5.97 Å². The molecule has 0 saturated carbocycles. The van der Waals surface area contributed by atoms with E-state index < -0.39 is 16.0 Å². The summed E-state index contributed by atoms with van der Waals surface area (Å²) in [5.41, 5.74) is 0.833. The maximum atomic E-state index is 12.5. The fourth-order valence-corrected chi connectivity index (χ4v) is 4.16. The molecule has 1 N–H and O–H groups in total. The van der Waals surface area contributed by atoms with Crippen LogP contribution in [0.25, 0.3) is 0 Å². The molecule has 8 heteroatoms. The fraction of sp³-hybridized carbons (Fsp3) is 0.0769. The van der Waals surface area contributed by atoms with Gasteiger partial charge in [0.1, 0.15) is 16.1 Å². The molecule has 108 valence electrons. The van der Waals surface area contributed by atoms with E-state index in [-0.39, 0.29) is 16.3 Å². The minimum absolute atomic E-state index is 0.0503. The highest BCUT2D eigenvalue weighted by Crippen LogP contribution is 2.31. The van der Waals surface area contributed by atoms with Crippen LogP contribution in [0.15, 0.2) is 45.6 Å². The van der Waals surface area contributed by atoms with Crippen molar-refractivity contribution < 1.29 is 18.3 Å². The van der Waals surface area contributed by atoms with Gasteiger partial charge in [-0.25, -0.2) is 18.2 Å². The molecule has 2 aromatic rings. The van der Waals surface area contributed by atoms with Crippen molar-refractivity contribution >= 4 is 39.4 Å². The van der Waals surface area contributed by atoms with Gasteiger partial charge in [-0.15, -0.1) is 11.3 Å². The highest BCUT2D eigenvalue weighted by Gasteiger charge is 2.29. The molecule has 0 atom stereocenters. The van der Waals surface area contributed by atoms with Crippen LogP contribution in [0.4, 0.5) is 5.69 Å². The number of aliphatic imine (C=N–C) groups is 1. The first kappa shape index (κ1) is 13.8. The van der Waals surface area contributed by atoms with Gasteiger partial charge in [-0.2, -0.15) is 0 Å². The molecule has 2 heterocycles. The Morgan fingerprint density at radius 1 is 1.29 bits per heavy atom. The lowest BCUT2D eigenvalue weighted by molar-refractivity contribution is 0.0700. The standard InChI is InChI=1S/C13H10N2O4S2/c16-13(17)12-9(5-6-20-12)7-15-8-14-10-3-1-2-4-11(10)21(15,18)19/h1-6,8H,7H2,(H,16,17). The largest absolute Gasteiger partial charge is 0.477 e. The minimum Gasteiger partial charge on any atom is -0.477 e. The van der Waals surface area contributed by atoms with Crippen molar-refractivity contribution in [2.24, 2.45) is 4.99 Å². The van der Waals surface area contributed by atoms with Gasteiger partial charge < -0.3 is 5.11 Å². The zero-order valence-corrected chi connectivity index (χ0v) is 12.3. The number of aromatic carboxylic acids is 1. The number of sulfonamides is 1. The second-order valence-corrected chi connectivity index (χ2v) is 7.12. The lowest BCUT2D eigenvalue weighted by atomic mass is 10.2. The van der Waals surface area contributed by atoms with E-state index >= 15 is 0 Å². The molecule has 1 aliphatic rings. The highest BCUT2D eigenvalue weighted by molar-refractivity contribution is 7.89. The summed E-state index contributed by atoms with van der Waals surface area (Å²) in [7, 11) is -3.71. The van der Waals surface area contributed by atoms with Gasteiger partial charge in [0.2, 0.25) is 0 Å². The zero-order valence-electron chi connectivity index (χ0n) is 10.6. The van der Waals surface area contributed by atoms with Crippen LogP contribution < -0.4 is 0 Å². The van der Waals surface area contributed by atoms with Gasteiger partial charge in [-0.05, 0) is 29.1 Å². The van der Waals surface area contributed by atoms with Crippen LogP contribution in [-0.4, -0.2) is 30.1 Å². The molecule has 0 spiro atoms. The molecule has 6 nitrogen and oxygen atoms in total. The van der Waals surface area contributed by atoms with Crippen molar-refractivity contribution in [2.75, 3.05) is 0 Å². The molecule has 1 aromatic heterocycles. The monoisotopic (exact) mass is 322 g/mol. The topological polar surface area (TPSA) is 87.0 Å². The van der Waals surface area contributed by atoms with Gasteiger partial charge in [0, 0.05) is 0 Å². The number of carboxylic acid groups (broad SMARTS) is 1. The Bertz CT molecular complexity index is 839. The van der Waals surface area contributed by atoms with Crippen molar-refractivity contribution in [3.05, 3.63) is 46.2 Å². The molecule has 1 aromatic carbocycles. The van der Waals surface area contributed by atoms with Gasteiger partial charge in [-0.1, -0.05) is 12.1 Å². The normalized spacial score (nSPS) is 15.7. The number of thiophene rings is 1. The number of carbonyl (C=O) groups is 1. The summed E-state index contributed by atoms with van der Waals surface area (Å²) in [6.45, 7) is -0.0503. The molecule has 0 aliphatic carbocycles. The SMILES string of the molecule is O=C(O)c1sccc1CN1C=Nc2ccccc2S1(=O)=O. The Balaban J connectivity index is 1.99. The summed E-state index contributed by atoms with van der Waals surface area (Å²) in [5.74, 6) is -1.06. The second kappa shape index (κ2) is 4.97. The average Bonchev–Trinajstić information content (AvgIpc) is 2.91. The molecule has 0 saturated heterocycles. The van der Waals surface area contributed by atoms with Crippen LogP contribution in [0.1, 0.15) is 15.2 Å². The van der Waals surface area contributed by atoms with E-state index in [1.165, 1.54) is 12.4 Å². The smallest absolute Gasteiger partial charge is 0.346 e. The van der Waals surface area contributed by atoms with Crippen LogP contribution in [0.3, 0.4) is 0 Å². The van der Waals surface area contributed by atoms with E-state index in [2.05, 4.69) is 4.99 Å². The first-order valence-corrected chi connectivity index (χ1v) is 8.27. The molecular formula is C13H10N2O4S2. The number of nitrogens with zero attached hydrogens (tertiary/aromatic N) is 2. The molecule has 0 amide bonds. The van der Waals surface area contributed by atoms with Crippen molar-refractivity contribution in [3.8, 4) is 0 Å². The average molecular weight is 322 g/mol. The van der Waals surface area contributed by atoms with Crippen molar-refractivity contribution in [3.63, 3.8) is 0 Å². The van der Waals surface area contributed by atoms with Crippen LogP contribution in [0, 0.1) is 0 Å². The highest BCUT2D eigenvalue weighted by atomic mass is 32.2. The van der Waals surface area contributed by atoms with Crippen molar-refractivity contribution in [1.29, 1.82) is 0 Å². The molecular weight excluding hydrogens is 312 g/mol. The molecule has 0 unspecified atom stereocenters. The number of rotatable bonds is 3. The van der Waals surface area contributed by atoms with Gasteiger partial charge in [0.15, 0.2) is 0 Å². The molecule has 0 radical (unpaired) electrons. The van der Waals surface area contributed by atoms with Crippen LogP contribution in [-0.2, 0) is 16.6 Å². The summed E-state index contributed by atoms with van der Waals surface area (Å²) < 4.78 is 26.1. The Labute approximate surface area is 125 Å². The van der Waals surface area contributed by atoms with E-state index in [0.29, 0.717) is 11.3 Å². The number of hydrogen-bond acceptors (Lipinski definition) is 5. The number of hydrogen-bond donors (Lipinski definition) is 1. The number of carboxylic acids is 1. The molecule has 21 heavy (non-hydrogen) atoms. The van der Waals surface area contributed by atoms with E-state index in [0.717, 1.165) is 15.6 Å². The third-order valence-corrected chi connectivity index (χ3v) is 5.73. The third kappa shape index (κ3) is 2.32. The van der Waals surface area contributed by atoms with Crippen molar-refractivity contribution in [1.82, 2.24) is 4.31 Å². The van der Waals surface area contributed by atoms with Crippen LogP contribution in [0.2, 0.25) is 0 Å². The van der Waals surface area contributed by atoms with E-state index in [1.54, 1.807) is 29.6 Å². The molecule has 0 bridgehead atoms. The third-order valence-electron chi connectivity index (χ3n) is 3.04. The molecule has 1 aliphatic heterocycles. The summed E-state index contributed by atoms with van der Waals surface area (Å²) in [5, 5.41) is 10.7. The Morgan fingerprint density at radius 2 is 2.05 bits per heavy atom. The summed E-state index contributed by atoms with van der Waals surface area (Å²) in [6.07, 6.45) is 1.22. The maximum absolute atomic E-state index is 12.5. The van der Waals surface area contributed by atoms with Crippen LogP contribution >= 0.6 is 11.3 Å². The lowest BCUT2D eigenvalue weighted by Crippen LogP contribution is -2.31. The van der Waals surface area contributed by atoms with Gasteiger partial charge in [0.25, 0.3) is 10.0 Å². The number of para-hydroxylation sites is 1. The van der Waals surface area contributed by atoms with Gasteiger partial charge in [-0.3, -0.25) is 4.31 Å². The summed E-state index contributed by atoms with van der Waals surface area (Å²) in [4.78, 5) is 15.5. The minimum atomic E-state index is -3.71. The number of benzene rings is 1. The summed E-state index contributed by atoms with van der Waals surface area (Å²) >= 11 is 1.07. The molecule has 0 fully saturated rings. The lowest BCUT2D eigenvalue weighted by Gasteiger charge is -2.23. The summed E-state index contributed by atoms with van der Waals surface area (Å²) in [6, 6.07) is 8.05. The van der Waals surface area contributed by atoms with E-state index in [9.17, 15) is 13.2 Å². The van der Waals surface area contributed by atoms with Gasteiger partial charge in [0.05, 0.1) is 12.2 Å². The fourth-order valence-electron chi connectivity index (χ4n) is 2.04. The van der Waals surface area contributed by atoms with Crippen molar-refractivity contribution in [2.45, 2.75) is 11.4 Å². The second-order valence-electron chi connectivity index (χ2n) is 4.34. The quantitative estimate of drug-likeness (QED) is 0.939. The Kier molecular flexibility index (Phi) is 3.26. The predicted molar refractivity (Wildman–Crippen MR) is 78.6 cm³/mol. The van der Waals surface area contributed by atoms with E-state index in [4.69, 9.17) is 5.11 Å². The van der Waals surface area contributed by atoms with E-state index in [1.807, 2.05) is 0 Å². The maximum Gasteiger partial charge on any atom is 0.346 e. The molecule has 3 rings (SSSR count). The predicted octanol–water partition coefficient (Wildman–Crippen LogP) is 2.31. The Morgan fingerprint density at radius 3 is 2.81 bits per heavy atom. The van der Waals surface area contributed by atoms with Crippen LogP contribution in [0.5, 0.6) is 0 Å². The number of fused-ring (bicyclic) bond motifs is 1. The zero-order chi connectivity index (χ0) is 15.0. The first-order chi connectivity index (χ1) is 10.00.